The van der Waals surface area contributed by atoms with Crippen molar-refractivity contribution in [1.82, 2.24) is 15.2 Å². The molecule has 6 heteroatoms. The van der Waals surface area contributed by atoms with Gasteiger partial charge < -0.3 is 10.1 Å². The number of carbonyl (C=O) groups excluding carboxylic acids is 1. The molecule has 3 aromatic rings. The van der Waals surface area contributed by atoms with Crippen LogP contribution in [0.3, 0.4) is 0 Å². The van der Waals surface area contributed by atoms with E-state index in [1.54, 1.807) is 13.3 Å². The van der Waals surface area contributed by atoms with Crippen LogP contribution in [-0.2, 0) is 6.54 Å². The molecule has 1 saturated heterocycles. The van der Waals surface area contributed by atoms with E-state index in [1.807, 2.05) is 47.8 Å². The number of piperidine rings is 1. The van der Waals surface area contributed by atoms with Crippen molar-refractivity contribution in [1.29, 1.82) is 0 Å². The predicted octanol–water partition coefficient (Wildman–Crippen LogP) is 4.54. The Morgan fingerprint density at radius 2 is 2.20 bits per heavy atom. The van der Waals surface area contributed by atoms with E-state index in [0.29, 0.717) is 5.92 Å². The lowest BCUT2D eigenvalue weighted by atomic mass is 9.88. The number of thiophene rings is 1. The number of rotatable bonds is 7. The third-order valence-corrected chi connectivity index (χ3v) is 6.46. The zero-order chi connectivity index (χ0) is 20.8. The smallest absolute Gasteiger partial charge is 0.261 e. The number of hydrogen-bond donors (Lipinski definition) is 1. The number of nitrogens with zero attached hydrogens (tertiary/aromatic N) is 2. The van der Waals surface area contributed by atoms with Crippen molar-refractivity contribution in [3.63, 3.8) is 0 Å². The number of likely N-dealkylation sites (tertiary alicyclic amines) is 1. The zero-order valence-corrected chi connectivity index (χ0v) is 18.0. The van der Waals surface area contributed by atoms with Gasteiger partial charge in [0.2, 0.25) is 0 Å². The third kappa shape index (κ3) is 5.07. The first-order valence-corrected chi connectivity index (χ1v) is 11.2. The summed E-state index contributed by atoms with van der Waals surface area (Å²) in [5.74, 6) is 1.17. The Hall–Kier alpha value is -2.70. The molecular formula is C24H27N3O2S. The topological polar surface area (TPSA) is 54.5 Å². The lowest BCUT2D eigenvalue weighted by molar-refractivity contribution is 0.0879. The molecule has 1 amide bonds. The van der Waals surface area contributed by atoms with Gasteiger partial charge in [0.15, 0.2) is 0 Å². The third-order valence-electron chi connectivity index (χ3n) is 5.59. The first kappa shape index (κ1) is 20.6. The van der Waals surface area contributed by atoms with Crippen LogP contribution in [0.15, 0.2) is 66.2 Å². The van der Waals surface area contributed by atoms with Crippen LogP contribution in [0.1, 0.15) is 39.8 Å². The lowest BCUT2D eigenvalue weighted by Crippen LogP contribution is -2.42. The quantitative estimate of drug-likeness (QED) is 0.609. The number of pyridine rings is 1. The summed E-state index contributed by atoms with van der Waals surface area (Å²) in [5, 5.41) is 5.20. The fourth-order valence-corrected chi connectivity index (χ4v) is 4.78. The maximum absolute atomic E-state index is 12.8. The number of methoxy groups -OCH3 is 1. The average molecular weight is 422 g/mol. The Bertz CT molecular complexity index is 946. The van der Waals surface area contributed by atoms with E-state index in [2.05, 4.69) is 27.3 Å². The molecule has 1 aliphatic rings. The van der Waals surface area contributed by atoms with Crippen LogP contribution in [0.25, 0.3) is 0 Å². The number of benzene rings is 1. The minimum atomic E-state index is -0.103. The average Bonchev–Trinajstić information content (AvgIpc) is 3.33. The van der Waals surface area contributed by atoms with Crippen molar-refractivity contribution in [2.24, 2.45) is 5.92 Å². The Labute approximate surface area is 181 Å². The molecule has 0 radical (unpaired) electrons. The van der Waals surface area contributed by atoms with Crippen LogP contribution < -0.4 is 10.1 Å². The lowest BCUT2D eigenvalue weighted by Gasteiger charge is -2.37. The molecule has 5 nitrogen and oxygen atoms in total. The molecule has 3 heterocycles. The molecule has 156 valence electrons. The second-order valence-corrected chi connectivity index (χ2v) is 8.62. The van der Waals surface area contributed by atoms with Crippen LogP contribution >= 0.6 is 11.3 Å². The van der Waals surface area contributed by atoms with Crippen LogP contribution in [0.4, 0.5) is 0 Å². The van der Waals surface area contributed by atoms with E-state index in [4.69, 9.17) is 4.74 Å². The number of hydrogen-bond acceptors (Lipinski definition) is 5. The van der Waals surface area contributed by atoms with Gasteiger partial charge in [-0.05, 0) is 66.6 Å². The number of amides is 1. The van der Waals surface area contributed by atoms with Crippen molar-refractivity contribution in [3.8, 4) is 5.75 Å². The van der Waals surface area contributed by atoms with E-state index < -0.39 is 0 Å². The Morgan fingerprint density at radius 1 is 1.27 bits per heavy atom. The summed E-state index contributed by atoms with van der Waals surface area (Å²) < 4.78 is 5.37. The largest absolute Gasteiger partial charge is 0.497 e. The summed E-state index contributed by atoms with van der Waals surface area (Å²) in [6.45, 7) is 2.85. The molecule has 0 unspecified atom stereocenters. The van der Waals surface area contributed by atoms with Gasteiger partial charge in [-0.3, -0.25) is 14.7 Å². The predicted molar refractivity (Wildman–Crippen MR) is 120 cm³/mol. The molecule has 0 spiro atoms. The van der Waals surface area contributed by atoms with E-state index in [9.17, 15) is 4.79 Å². The van der Waals surface area contributed by atoms with Gasteiger partial charge in [0.25, 0.3) is 5.91 Å². The van der Waals surface area contributed by atoms with Crippen molar-refractivity contribution in [2.75, 3.05) is 20.2 Å². The number of ether oxygens (including phenoxy) is 1. The fourth-order valence-electron chi connectivity index (χ4n) is 4.15. The molecule has 1 N–H and O–H groups in total. The van der Waals surface area contributed by atoms with Gasteiger partial charge in [-0.25, -0.2) is 0 Å². The first-order chi connectivity index (χ1) is 14.7. The molecule has 1 fully saturated rings. The number of carbonyl (C=O) groups is 1. The molecule has 0 bridgehead atoms. The SMILES string of the molecule is COc1cccc(CN2CCC[C@H]([C@@H](NC(=O)c3cccs3)c3ccccn3)C2)c1. The molecule has 1 aromatic carbocycles. The van der Waals surface area contributed by atoms with Crippen LogP contribution in [0, 0.1) is 5.92 Å². The molecular weight excluding hydrogens is 394 g/mol. The summed E-state index contributed by atoms with van der Waals surface area (Å²) in [6.07, 6.45) is 3.98. The molecule has 0 saturated carbocycles. The number of aromatic nitrogens is 1. The van der Waals surface area contributed by atoms with Gasteiger partial charge in [0.05, 0.1) is 23.7 Å². The summed E-state index contributed by atoms with van der Waals surface area (Å²) >= 11 is 1.47. The maximum atomic E-state index is 12.8. The second kappa shape index (κ2) is 9.87. The van der Waals surface area contributed by atoms with Gasteiger partial charge in [0, 0.05) is 19.3 Å². The van der Waals surface area contributed by atoms with Gasteiger partial charge in [-0.1, -0.05) is 24.3 Å². The minimum Gasteiger partial charge on any atom is -0.497 e. The van der Waals surface area contributed by atoms with E-state index in [-0.39, 0.29) is 11.9 Å². The van der Waals surface area contributed by atoms with Gasteiger partial charge in [0.1, 0.15) is 5.75 Å². The van der Waals surface area contributed by atoms with Crippen LogP contribution in [-0.4, -0.2) is 36.0 Å². The van der Waals surface area contributed by atoms with Crippen LogP contribution in [0.2, 0.25) is 0 Å². The molecule has 2 aromatic heterocycles. The highest BCUT2D eigenvalue weighted by molar-refractivity contribution is 7.12. The number of nitrogens with one attached hydrogen (secondary N) is 1. The van der Waals surface area contributed by atoms with Crippen molar-refractivity contribution < 1.29 is 9.53 Å². The summed E-state index contributed by atoms with van der Waals surface area (Å²) in [5.41, 5.74) is 2.17. The van der Waals surface area contributed by atoms with Gasteiger partial charge >= 0.3 is 0 Å². The highest BCUT2D eigenvalue weighted by atomic mass is 32.1. The summed E-state index contributed by atoms with van der Waals surface area (Å²) in [7, 11) is 1.70. The molecule has 1 aliphatic heterocycles. The Kier molecular flexibility index (Phi) is 6.77. The summed E-state index contributed by atoms with van der Waals surface area (Å²) in [4.78, 5) is 20.6. The zero-order valence-electron chi connectivity index (χ0n) is 17.2. The highest BCUT2D eigenvalue weighted by Gasteiger charge is 2.30. The molecule has 0 aliphatic carbocycles. The second-order valence-electron chi connectivity index (χ2n) is 7.67. The maximum Gasteiger partial charge on any atom is 0.261 e. The first-order valence-electron chi connectivity index (χ1n) is 10.3. The van der Waals surface area contributed by atoms with Crippen LogP contribution in [0.5, 0.6) is 5.75 Å². The van der Waals surface area contributed by atoms with Gasteiger partial charge in [-0.2, -0.15) is 0 Å². The summed E-state index contributed by atoms with van der Waals surface area (Å²) in [6, 6.07) is 17.8. The molecule has 4 rings (SSSR count). The van der Waals surface area contributed by atoms with Gasteiger partial charge in [-0.15, -0.1) is 11.3 Å². The standard InChI is InChI=1S/C24H27N3O2S/c1-29-20-9-4-7-18(15-20)16-27-13-5-8-19(17-27)23(21-10-2-3-12-25-21)26-24(28)22-11-6-14-30-22/h2-4,6-7,9-12,14-15,19,23H,5,8,13,16-17H2,1H3,(H,26,28)/t19-,23+/m0/s1. The minimum absolute atomic E-state index is 0.0226. The van der Waals surface area contributed by atoms with Crippen molar-refractivity contribution in [3.05, 3.63) is 82.3 Å². The normalized spacial score (nSPS) is 18.0. The monoisotopic (exact) mass is 421 g/mol. The van der Waals surface area contributed by atoms with Crippen molar-refractivity contribution in [2.45, 2.75) is 25.4 Å². The molecule has 30 heavy (non-hydrogen) atoms. The van der Waals surface area contributed by atoms with E-state index in [1.165, 1.54) is 16.9 Å². The van der Waals surface area contributed by atoms with E-state index >= 15 is 0 Å². The van der Waals surface area contributed by atoms with E-state index in [0.717, 1.165) is 48.8 Å². The van der Waals surface area contributed by atoms with Crippen molar-refractivity contribution >= 4 is 17.2 Å². The Balaban J connectivity index is 1.50. The molecule has 2 atom stereocenters. The highest BCUT2D eigenvalue weighted by Crippen LogP contribution is 2.30. The fraction of sp³-hybridized carbons (Fsp3) is 0.333. The Morgan fingerprint density at radius 3 is 2.97 bits per heavy atom.